The van der Waals surface area contributed by atoms with Gasteiger partial charge in [-0.3, -0.25) is 0 Å². The van der Waals surface area contributed by atoms with Crippen molar-refractivity contribution in [2.24, 2.45) is 0 Å². The van der Waals surface area contributed by atoms with E-state index in [-0.39, 0.29) is 12.4 Å². The summed E-state index contributed by atoms with van der Waals surface area (Å²) in [6, 6.07) is 0.307. The van der Waals surface area contributed by atoms with Crippen LogP contribution in [-0.2, 0) is 6.42 Å². The Hall–Kier alpha value is -1.40. The number of oxazole rings is 1. The molecule has 2 aromatic heterocycles. The molecule has 0 aliphatic heterocycles. The van der Waals surface area contributed by atoms with Gasteiger partial charge in [-0.25, -0.2) is 4.98 Å². The van der Waals surface area contributed by atoms with E-state index in [1.54, 1.807) is 0 Å². The summed E-state index contributed by atoms with van der Waals surface area (Å²) in [5.74, 6) is 1.58. The fourth-order valence-electron chi connectivity index (χ4n) is 1.31. The SMILES string of the molecule is CNC(C)Cc1noc(-c2ocnc2C)n1.Cl. The highest BCUT2D eigenvalue weighted by Gasteiger charge is 2.16. The Kier molecular flexibility index (Phi) is 4.65. The predicted octanol–water partition coefficient (Wildman–Crippen LogP) is 1.61. The molecule has 94 valence electrons. The minimum Gasteiger partial charge on any atom is -0.438 e. The molecule has 2 aromatic rings. The molecule has 6 nitrogen and oxygen atoms in total. The molecular formula is C10H15ClN4O2. The highest BCUT2D eigenvalue weighted by Crippen LogP contribution is 2.20. The number of hydrogen-bond donors (Lipinski definition) is 1. The summed E-state index contributed by atoms with van der Waals surface area (Å²) in [6.45, 7) is 3.88. The van der Waals surface area contributed by atoms with E-state index in [0.717, 1.165) is 5.69 Å². The first kappa shape index (κ1) is 13.7. The van der Waals surface area contributed by atoms with E-state index in [0.29, 0.717) is 29.9 Å². The Balaban J connectivity index is 0.00000144. The maximum Gasteiger partial charge on any atom is 0.295 e. The van der Waals surface area contributed by atoms with Crippen molar-refractivity contribution in [3.05, 3.63) is 17.9 Å². The second kappa shape index (κ2) is 5.79. The summed E-state index contributed by atoms with van der Waals surface area (Å²) in [7, 11) is 1.90. The molecule has 1 atom stereocenters. The van der Waals surface area contributed by atoms with E-state index < -0.39 is 0 Å². The monoisotopic (exact) mass is 258 g/mol. The van der Waals surface area contributed by atoms with Gasteiger partial charge in [0.25, 0.3) is 5.89 Å². The first-order chi connectivity index (χ1) is 7.70. The maximum absolute atomic E-state index is 5.17. The van der Waals surface area contributed by atoms with Crippen LogP contribution < -0.4 is 5.32 Å². The molecule has 0 aliphatic carbocycles. The first-order valence-electron chi connectivity index (χ1n) is 5.11. The van der Waals surface area contributed by atoms with Crippen molar-refractivity contribution >= 4 is 12.4 Å². The smallest absolute Gasteiger partial charge is 0.295 e. The van der Waals surface area contributed by atoms with Crippen LogP contribution >= 0.6 is 12.4 Å². The molecule has 0 saturated carbocycles. The molecule has 0 fully saturated rings. The Labute approximate surface area is 105 Å². The van der Waals surface area contributed by atoms with Crippen molar-refractivity contribution in [2.75, 3.05) is 7.05 Å². The van der Waals surface area contributed by atoms with Crippen LogP contribution in [0.2, 0.25) is 0 Å². The summed E-state index contributed by atoms with van der Waals surface area (Å²) in [4.78, 5) is 8.22. The van der Waals surface area contributed by atoms with Gasteiger partial charge < -0.3 is 14.3 Å². The Morgan fingerprint density at radius 3 is 2.82 bits per heavy atom. The van der Waals surface area contributed by atoms with Crippen LogP contribution in [-0.4, -0.2) is 28.2 Å². The lowest BCUT2D eigenvalue weighted by Gasteiger charge is -2.04. The predicted molar refractivity (Wildman–Crippen MR) is 64.0 cm³/mol. The highest BCUT2D eigenvalue weighted by atomic mass is 35.5. The average Bonchev–Trinajstić information content (AvgIpc) is 2.86. The van der Waals surface area contributed by atoms with E-state index in [4.69, 9.17) is 8.94 Å². The van der Waals surface area contributed by atoms with Crippen molar-refractivity contribution in [1.82, 2.24) is 20.4 Å². The lowest BCUT2D eigenvalue weighted by molar-refractivity contribution is 0.405. The zero-order valence-corrected chi connectivity index (χ0v) is 10.7. The third-order valence-corrected chi connectivity index (χ3v) is 2.39. The van der Waals surface area contributed by atoms with Gasteiger partial charge in [-0.2, -0.15) is 4.98 Å². The van der Waals surface area contributed by atoms with Crippen molar-refractivity contribution in [1.29, 1.82) is 0 Å². The first-order valence-corrected chi connectivity index (χ1v) is 5.11. The number of rotatable bonds is 4. The van der Waals surface area contributed by atoms with Crippen LogP contribution in [0.25, 0.3) is 11.7 Å². The van der Waals surface area contributed by atoms with Gasteiger partial charge in [0.2, 0.25) is 5.76 Å². The van der Waals surface area contributed by atoms with Crippen molar-refractivity contribution in [3.8, 4) is 11.7 Å². The molecule has 0 saturated heterocycles. The van der Waals surface area contributed by atoms with E-state index in [2.05, 4.69) is 27.4 Å². The fraction of sp³-hybridized carbons (Fsp3) is 0.500. The second-order valence-electron chi connectivity index (χ2n) is 3.68. The Morgan fingerprint density at radius 2 is 2.24 bits per heavy atom. The Morgan fingerprint density at radius 1 is 1.47 bits per heavy atom. The number of halogens is 1. The molecule has 7 heteroatoms. The summed E-state index contributed by atoms with van der Waals surface area (Å²) in [6.07, 6.45) is 2.08. The largest absolute Gasteiger partial charge is 0.438 e. The van der Waals surface area contributed by atoms with Crippen molar-refractivity contribution < 1.29 is 8.94 Å². The van der Waals surface area contributed by atoms with Crippen LogP contribution in [0.4, 0.5) is 0 Å². The van der Waals surface area contributed by atoms with E-state index in [1.807, 2.05) is 14.0 Å². The third kappa shape index (κ3) is 3.04. The van der Waals surface area contributed by atoms with Crippen molar-refractivity contribution in [2.45, 2.75) is 26.3 Å². The highest BCUT2D eigenvalue weighted by molar-refractivity contribution is 5.85. The second-order valence-corrected chi connectivity index (χ2v) is 3.68. The molecule has 0 radical (unpaired) electrons. The minimum atomic E-state index is 0. The molecule has 0 aromatic carbocycles. The van der Waals surface area contributed by atoms with Crippen LogP contribution in [0.1, 0.15) is 18.4 Å². The van der Waals surface area contributed by atoms with Gasteiger partial charge in [-0.1, -0.05) is 5.16 Å². The zero-order chi connectivity index (χ0) is 11.5. The van der Waals surface area contributed by atoms with Gasteiger partial charge in [-0.05, 0) is 20.9 Å². The van der Waals surface area contributed by atoms with Gasteiger partial charge in [0, 0.05) is 12.5 Å². The van der Waals surface area contributed by atoms with E-state index >= 15 is 0 Å². The summed E-state index contributed by atoms with van der Waals surface area (Å²) in [5, 5.41) is 7.00. The van der Waals surface area contributed by atoms with E-state index in [9.17, 15) is 0 Å². The van der Waals surface area contributed by atoms with Gasteiger partial charge in [0.05, 0.1) is 5.69 Å². The standard InChI is InChI=1S/C10H14N4O2.ClH/c1-6(11-3)4-8-13-10(16-14-8)9-7(2)12-5-15-9;/h5-6,11H,4H2,1-3H3;1H. The van der Waals surface area contributed by atoms with Gasteiger partial charge in [0.15, 0.2) is 12.2 Å². The number of aromatic nitrogens is 3. The van der Waals surface area contributed by atoms with Gasteiger partial charge >= 0.3 is 0 Å². The normalized spacial score (nSPS) is 12.2. The molecule has 0 aliphatic rings. The third-order valence-electron chi connectivity index (χ3n) is 2.39. The van der Waals surface area contributed by atoms with Gasteiger partial charge in [0.1, 0.15) is 0 Å². The number of aryl methyl sites for hydroxylation is 1. The molecule has 0 amide bonds. The van der Waals surface area contributed by atoms with Gasteiger partial charge in [-0.15, -0.1) is 12.4 Å². The molecular weight excluding hydrogens is 244 g/mol. The molecule has 17 heavy (non-hydrogen) atoms. The Bertz CT molecular complexity index is 468. The molecule has 0 spiro atoms. The molecule has 1 unspecified atom stereocenters. The van der Waals surface area contributed by atoms with Crippen LogP contribution in [0.3, 0.4) is 0 Å². The van der Waals surface area contributed by atoms with Crippen LogP contribution in [0.5, 0.6) is 0 Å². The molecule has 1 N–H and O–H groups in total. The molecule has 2 rings (SSSR count). The summed E-state index contributed by atoms with van der Waals surface area (Å²) < 4.78 is 10.3. The lowest BCUT2D eigenvalue weighted by atomic mass is 10.2. The number of likely N-dealkylation sites (N-methyl/N-ethyl adjacent to an activating group) is 1. The maximum atomic E-state index is 5.17. The fourth-order valence-corrected chi connectivity index (χ4v) is 1.31. The molecule has 2 heterocycles. The summed E-state index contributed by atoms with van der Waals surface area (Å²) >= 11 is 0. The zero-order valence-electron chi connectivity index (χ0n) is 9.93. The van der Waals surface area contributed by atoms with Crippen LogP contribution in [0, 0.1) is 6.92 Å². The molecule has 0 bridgehead atoms. The quantitative estimate of drug-likeness (QED) is 0.898. The van der Waals surface area contributed by atoms with E-state index in [1.165, 1.54) is 6.39 Å². The number of nitrogens with one attached hydrogen (secondary N) is 1. The van der Waals surface area contributed by atoms with Crippen molar-refractivity contribution in [3.63, 3.8) is 0 Å². The topological polar surface area (TPSA) is 77.0 Å². The average molecular weight is 259 g/mol. The minimum absolute atomic E-state index is 0. The number of nitrogens with zero attached hydrogens (tertiary/aromatic N) is 3. The summed E-state index contributed by atoms with van der Waals surface area (Å²) in [5.41, 5.74) is 0.747. The van der Waals surface area contributed by atoms with Crippen LogP contribution in [0.15, 0.2) is 15.3 Å². The lowest BCUT2D eigenvalue weighted by Crippen LogP contribution is -2.24. The number of hydrogen-bond acceptors (Lipinski definition) is 6.